The van der Waals surface area contributed by atoms with Gasteiger partial charge in [0.05, 0.1) is 6.54 Å². The lowest BCUT2D eigenvalue weighted by Gasteiger charge is -2.31. The molecule has 1 aliphatic rings. The zero-order chi connectivity index (χ0) is 16.1. The van der Waals surface area contributed by atoms with Crippen LogP contribution in [0.25, 0.3) is 5.70 Å². The van der Waals surface area contributed by atoms with Gasteiger partial charge in [0.25, 0.3) is 6.43 Å². The van der Waals surface area contributed by atoms with Gasteiger partial charge in [0.2, 0.25) is 5.91 Å². The van der Waals surface area contributed by atoms with Crippen LogP contribution in [0.5, 0.6) is 5.75 Å². The van der Waals surface area contributed by atoms with Crippen molar-refractivity contribution in [3.63, 3.8) is 0 Å². The van der Waals surface area contributed by atoms with Crippen LogP contribution in [0.1, 0.15) is 18.9 Å². The van der Waals surface area contributed by atoms with Crippen molar-refractivity contribution in [3.05, 3.63) is 35.9 Å². The number of carbonyl (C=O) groups is 1. The summed E-state index contributed by atoms with van der Waals surface area (Å²) in [6.07, 6.45) is -0.183. The van der Waals surface area contributed by atoms with Crippen molar-refractivity contribution in [2.24, 2.45) is 5.92 Å². The van der Waals surface area contributed by atoms with E-state index in [1.165, 1.54) is 12.0 Å². The number of allylic oxidation sites excluding steroid dienone is 1. The van der Waals surface area contributed by atoms with Gasteiger partial charge >= 0.3 is 0 Å². The standard InChI is InChI=1S/C16H19F2NO3/c1-11-3-8-14(19(16(11)20)9-15(17)18)12-4-6-13(7-5-12)22-10-21-2/h4-8,11,15H,3,9-10H2,1-2H3. The number of amides is 1. The molecule has 0 radical (unpaired) electrons. The molecule has 0 saturated heterocycles. The van der Waals surface area contributed by atoms with Gasteiger partial charge < -0.3 is 14.4 Å². The summed E-state index contributed by atoms with van der Waals surface area (Å²) in [5.41, 5.74) is 1.24. The van der Waals surface area contributed by atoms with E-state index < -0.39 is 13.0 Å². The summed E-state index contributed by atoms with van der Waals surface area (Å²) >= 11 is 0. The summed E-state index contributed by atoms with van der Waals surface area (Å²) in [4.78, 5) is 13.3. The van der Waals surface area contributed by atoms with Crippen molar-refractivity contribution >= 4 is 11.6 Å². The fraction of sp³-hybridized carbons (Fsp3) is 0.438. The van der Waals surface area contributed by atoms with Gasteiger partial charge in [-0.25, -0.2) is 8.78 Å². The predicted molar refractivity (Wildman–Crippen MR) is 78.4 cm³/mol. The van der Waals surface area contributed by atoms with Crippen LogP contribution in [0.2, 0.25) is 0 Å². The highest BCUT2D eigenvalue weighted by Gasteiger charge is 2.30. The third kappa shape index (κ3) is 3.82. The highest BCUT2D eigenvalue weighted by Crippen LogP contribution is 2.30. The third-order valence-corrected chi connectivity index (χ3v) is 3.46. The van der Waals surface area contributed by atoms with Crippen molar-refractivity contribution in [2.75, 3.05) is 20.4 Å². The highest BCUT2D eigenvalue weighted by molar-refractivity contribution is 5.90. The molecule has 22 heavy (non-hydrogen) atoms. The normalized spacial score (nSPS) is 18.6. The van der Waals surface area contributed by atoms with Gasteiger partial charge in [0.1, 0.15) is 5.75 Å². The Morgan fingerprint density at radius 2 is 2.00 bits per heavy atom. The van der Waals surface area contributed by atoms with E-state index >= 15 is 0 Å². The molecule has 4 nitrogen and oxygen atoms in total. The Balaban J connectivity index is 2.22. The number of benzene rings is 1. The van der Waals surface area contributed by atoms with Crippen molar-refractivity contribution in [2.45, 2.75) is 19.8 Å². The fourth-order valence-corrected chi connectivity index (χ4v) is 2.33. The number of nitrogens with zero attached hydrogens (tertiary/aromatic N) is 1. The molecule has 1 unspecified atom stereocenters. The van der Waals surface area contributed by atoms with Crippen LogP contribution in [0.15, 0.2) is 30.3 Å². The van der Waals surface area contributed by atoms with Gasteiger partial charge in [0, 0.05) is 18.7 Å². The molecule has 0 aromatic heterocycles. The molecule has 0 saturated carbocycles. The molecular formula is C16H19F2NO3. The maximum Gasteiger partial charge on any atom is 0.256 e. The molecule has 1 heterocycles. The van der Waals surface area contributed by atoms with E-state index in [0.29, 0.717) is 23.4 Å². The average molecular weight is 311 g/mol. The molecular weight excluding hydrogens is 292 g/mol. The summed E-state index contributed by atoms with van der Waals surface area (Å²) < 4.78 is 35.6. The van der Waals surface area contributed by atoms with Crippen LogP contribution in [-0.2, 0) is 9.53 Å². The summed E-state index contributed by atoms with van der Waals surface area (Å²) in [6, 6.07) is 6.94. The van der Waals surface area contributed by atoms with Crippen molar-refractivity contribution in [1.29, 1.82) is 0 Å². The van der Waals surface area contributed by atoms with Crippen LogP contribution < -0.4 is 4.74 Å². The van der Waals surface area contributed by atoms with E-state index in [1.54, 1.807) is 31.2 Å². The molecule has 0 N–H and O–H groups in total. The number of rotatable bonds is 6. The van der Waals surface area contributed by atoms with Gasteiger partial charge in [-0.15, -0.1) is 0 Å². The third-order valence-electron chi connectivity index (χ3n) is 3.46. The number of ether oxygens (including phenoxy) is 2. The van der Waals surface area contributed by atoms with Gasteiger partial charge in [-0.1, -0.05) is 13.0 Å². The van der Waals surface area contributed by atoms with Crippen molar-refractivity contribution in [3.8, 4) is 5.75 Å². The van der Waals surface area contributed by atoms with Crippen LogP contribution in [0.3, 0.4) is 0 Å². The summed E-state index contributed by atoms with van der Waals surface area (Å²) in [5.74, 6) is 0.0754. The minimum Gasteiger partial charge on any atom is -0.468 e. The summed E-state index contributed by atoms with van der Waals surface area (Å²) in [6.45, 7) is 1.29. The quantitative estimate of drug-likeness (QED) is 0.758. The van der Waals surface area contributed by atoms with E-state index in [9.17, 15) is 13.6 Å². The van der Waals surface area contributed by atoms with Crippen LogP contribution in [0, 0.1) is 5.92 Å². The number of carbonyl (C=O) groups excluding carboxylic acids is 1. The van der Waals surface area contributed by atoms with E-state index in [0.717, 1.165) is 0 Å². The number of methoxy groups -OCH3 is 1. The molecule has 120 valence electrons. The first-order valence-electron chi connectivity index (χ1n) is 7.04. The lowest BCUT2D eigenvalue weighted by atomic mass is 9.97. The molecule has 6 heteroatoms. The minimum absolute atomic E-state index is 0.134. The lowest BCUT2D eigenvalue weighted by Crippen LogP contribution is -2.39. The number of halogens is 2. The Bertz CT molecular complexity index is 543. The van der Waals surface area contributed by atoms with E-state index in [2.05, 4.69) is 0 Å². The molecule has 1 aromatic carbocycles. The largest absolute Gasteiger partial charge is 0.468 e. The molecule has 1 amide bonds. The molecule has 0 bridgehead atoms. The molecule has 1 aliphatic heterocycles. The van der Waals surface area contributed by atoms with Crippen LogP contribution in [0.4, 0.5) is 8.78 Å². The van der Waals surface area contributed by atoms with E-state index in [1.807, 2.05) is 6.08 Å². The Morgan fingerprint density at radius 3 is 2.59 bits per heavy atom. The predicted octanol–water partition coefficient (Wildman–Crippen LogP) is 3.14. The first kappa shape index (κ1) is 16.4. The van der Waals surface area contributed by atoms with Gasteiger partial charge in [-0.2, -0.15) is 0 Å². The van der Waals surface area contributed by atoms with Crippen LogP contribution >= 0.6 is 0 Å². The van der Waals surface area contributed by atoms with E-state index in [4.69, 9.17) is 9.47 Å². The SMILES string of the molecule is COCOc1ccc(C2=CCC(C)C(=O)N2CC(F)F)cc1. The van der Waals surface area contributed by atoms with E-state index in [-0.39, 0.29) is 18.6 Å². The highest BCUT2D eigenvalue weighted by atomic mass is 19.3. The smallest absolute Gasteiger partial charge is 0.256 e. The molecule has 0 fully saturated rings. The van der Waals surface area contributed by atoms with Gasteiger partial charge in [0.15, 0.2) is 6.79 Å². The maximum atomic E-state index is 12.8. The fourth-order valence-electron chi connectivity index (χ4n) is 2.33. The minimum atomic E-state index is -2.57. The summed E-state index contributed by atoms with van der Waals surface area (Å²) in [5, 5.41) is 0. The zero-order valence-corrected chi connectivity index (χ0v) is 12.6. The maximum absolute atomic E-state index is 12.8. The second-order valence-corrected chi connectivity index (χ2v) is 5.14. The molecule has 1 atom stereocenters. The molecule has 0 aliphatic carbocycles. The Hall–Kier alpha value is -1.95. The van der Waals surface area contributed by atoms with Crippen molar-refractivity contribution in [1.82, 2.24) is 4.90 Å². The second-order valence-electron chi connectivity index (χ2n) is 5.14. The second kappa shape index (κ2) is 7.35. The zero-order valence-electron chi connectivity index (χ0n) is 12.6. The Morgan fingerprint density at radius 1 is 1.32 bits per heavy atom. The first-order valence-corrected chi connectivity index (χ1v) is 7.04. The number of hydrogen-bond donors (Lipinski definition) is 0. The average Bonchev–Trinajstić information content (AvgIpc) is 2.50. The van der Waals surface area contributed by atoms with Gasteiger partial charge in [-0.3, -0.25) is 4.79 Å². The summed E-state index contributed by atoms with van der Waals surface area (Å²) in [7, 11) is 1.52. The Kier molecular flexibility index (Phi) is 5.49. The first-order chi connectivity index (χ1) is 10.5. The number of alkyl halides is 2. The molecule has 2 rings (SSSR count). The van der Waals surface area contributed by atoms with Gasteiger partial charge in [-0.05, 0) is 36.2 Å². The topological polar surface area (TPSA) is 38.8 Å². The Labute approximate surface area is 128 Å². The number of hydrogen-bond acceptors (Lipinski definition) is 3. The molecule has 0 spiro atoms. The monoisotopic (exact) mass is 311 g/mol. The lowest BCUT2D eigenvalue weighted by molar-refractivity contribution is -0.133. The van der Waals surface area contributed by atoms with Crippen LogP contribution in [-0.4, -0.2) is 37.7 Å². The molecule has 1 aromatic rings. The van der Waals surface area contributed by atoms with Crippen molar-refractivity contribution < 1.29 is 23.0 Å².